The highest BCUT2D eigenvalue weighted by Crippen LogP contribution is 2.29. The Morgan fingerprint density at radius 1 is 1.18 bits per heavy atom. The number of hydrogen-bond acceptors (Lipinski definition) is 6. The Labute approximate surface area is 226 Å². The van der Waals surface area contributed by atoms with E-state index in [-0.39, 0.29) is 11.7 Å². The average molecular weight is 520 g/mol. The van der Waals surface area contributed by atoms with Gasteiger partial charge in [0.25, 0.3) is 0 Å². The van der Waals surface area contributed by atoms with Crippen LogP contribution in [-0.4, -0.2) is 68.0 Å². The molecule has 0 aliphatic rings. The number of aromatic nitrogens is 2. The monoisotopic (exact) mass is 519 g/mol. The van der Waals surface area contributed by atoms with Crippen molar-refractivity contribution in [2.24, 2.45) is 17.0 Å². The maximum Gasteiger partial charge on any atom is 0.151 e. The van der Waals surface area contributed by atoms with Gasteiger partial charge in [-0.1, -0.05) is 20.8 Å². The number of anilines is 2. The molecule has 204 valence electrons. The van der Waals surface area contributed by atoms with Gasteiger partial charge >= 0.3 is 0 Å². The Balaban J connectivity index is 1.92. The van der Waals surface area contributed by atoms with Crippen molar-refractivity contribution in [3.8, 4) is 0 Å². The zero-order valence-electron chi connectivity index (χ0n) is 24.1. The Bertz CT molecular complexity index is 1330. The molecule has 0 fully saturated rings. The molecular weight excluding hydrogens is 477 g/mol. The average Bonchev–Trinajstić information content (AvgIpc) is 3.21. The highest BCUT2D eigenvalue weighted by atomic mass is 19.1. The number of allylic oxidation sites excluding steroid dienone is 1. The van der Waals surface area contributed by atoms with Crippen LogP contribution in [0.2, 0.25) is 0 Å². The Hall–Kier alpha value is -3.52. The van der Waals surface area contributed by atoms with E-state index in [2.05, 4.69) is 92.9 Å². The van der Waals surface area contributed by atoms with E-state index in [4.69, 9.17) is 4.99 Å². The molecule has 0 radical (unpaired) electrons. The molecule has 0 saturated heterocycles. The van der Waals surface area contributed by atoms with Crippen LogP contribution in [0.4, 0.5) is 15.8 Å². The largest absolute Gasteiger partial charge is 0.373 e. The minimum Gasteiger partial charge on any atom is -0.373 e. The molecule has 0 aliphatic heterocycles. The van der Waals surface area contributed by atoms with Gasteiger partial charge in [0.2, 0.25) is 0 Å². The van der Waals surface area contributed by atoms with Crippen molar-refractivity contribution in [1.82, 2.24) is 14.7 Å². The molecule has 3 rings (SSSR count). The molecule has 0 unspecified atom stereocenters. The summed E-state index contributed by atoms with van der Waals surface area (Å²) in [6.45, 7) is 14.3. The van der Waals surface area contributed by atoms with Crippen molar-refractivity contribution in [2.75, 3.05) is 51.1 Å². The summed E-state index contributed by atoms with van der Waals surface area (Å²) in [4.78, 5) is 13.1. The Kier molecular flexibility index (Phi) is 9.80. The van der Waals surface area contributed by atoms with Crippen molar-refractivity contribution >= 4 is 34.7 Å². The lowest BCUT2D eigenvalue weighted by atomic mass is 10.0. The number of benzene rings is 2. The van der Waals surface area contributed by atoms with Gasteiger partial charge in [0.1, 0.15) is 12.2 Å². The first-order chi connectivity index (χ1) is 18.1. The first-order valence-corrected chi connectivity index (χ1v) is 13.1. The first kappa shape index (κ1) is 29.0. The molecule has 0 saturated carbocycles. The van der Waals surface area contributed by atoms with Gasteiger partial charge in [0, 0.05) is 61.4 Å². The van der Waals surface area contributed by atoms with E-state index in [9.17, 15) is 0 Å². The van der Waals surface area contributed by atoms with E-state index >= 15 is 4.39 Å². The van der Waals surface area contributed by atoms with E-state index in [1.165, 1.54) is 22.9 Å². The van der Waals surface area contributed by atoms with Crippen LogP contribution in [0.5, 0.6) is 0 Å². The standard InChI is InChI=1S/C30H42FN7/c1-10-22-18-28(37(8)14-13-36(6)7)21(4)15-27(22)34-19-33-26(11-12-32-5)23-16-24-29(25(31)17-23)35-38(9)30(24)20(2)3/h11-12,15-18,20,34H,5,10,13-14,19H2,1-4,6-9H3/b12-11-,33-26?. The lowest BCUT2D eigenvalue weighted by molar-refractivity contribution is 0.416. The van der Waals surface area contributed by atoms with Crippen LogP contribution in [0.15, 0.2) is 46.5 Å². The van der Waals surface area contributed by atoms with Crippen molar-refractivity contribution in [1.29, 1.82) is 0 Å². The second-order valence-corrected chi connectivity index (χ2v) is 10.3. The fourth-order valence-corrected chi connectivity index (χ4v) is 4.76. The van der Waals surface area contributed by atoms with Crippen molar-refractivity contribution < 1.29 is 4.39 Å². The second-order valence-electron chi connectivity index (χ2n) is 10.3. The van der Waals surface area contributed by atoms with Gasteiger partial charge in [-0.3, -0.25) is 14.7 Å². The quantitative estimate of drug-likeness (QED) is 0.308. The van der Waals surface area contributed by atoms with E-state index in [1.54, 1.807) is 17.0 Å². The number of nitrogens with zero attached hydrogens (tertiary/aromatic N) is 6. The first-order valence-electron chi connectivity index (χ1n) is 13.1. The summed E-state index contributed by atoms with van der Waals surface area (Å²) in [5.74, 6) is -0.161. The molecule has 0 aliphatic carbocycles. The topological polar surface area (TPSA) is 61.1 Å². The number of nitrogens with one attached hydrogen (secondary N) is 1. The fourth-order valence-electron chi connectivity index (χ4n) is 4.76. The Morgan fingerprint density at radius 3 is 2.55 bits per heavy atom. The summed E-state index contributed by atoms with van der Waals surface area (Å²) in [5.41, 5.74) is 7.39. The third-order valence-corrected chi connectivity index (χ3v) is 6.73. The zero-order valence-corrected chi connectivity index (χ0v) is 24.1. The number of fused-ring (bicyclic) bond motifs is 1. The molecule has 2 aromatic carbocycles. The van der Waals surface area contributed by atoms with Crippen LogP contribution in [0.1, 0.15) is 49.1 Å². The maximum atomic E-state index is 15.1. The summed E-state index contributed by atoms with van der Waals surface area (Å²) >= 11 is 0. The SMILES string of the molecule is C=N/C=C\C(=NCNc1cc(C)c(N(C)CCN(C)C)cc1CC)c1cc(F)c2nn(C)c(C(C)C)c2c1. The van der Waals surface area contributed by atoms with Gasteiger partial charge in [-0.25, -0.2) is 4.39 Å². The zero-order chi connectivity index (χ0) is 28.0. The van der Waals surface area contributed by atoms with Crippen LogP contribution < -0.4 is 10.2 Å². The molecule has 0 bridgehead atoms. The maximum absolute atomic E-state index is 15.1. The smallest absolute Gasteiger partial charge is 0.151 e. The Morgan fingerprint density at radius 2 is 1.92 bits per heavy atom. The van der Waals surface area contributed by atoms with Gasteiger partial charge in [-0.2, -0.15) is 5.10 Å². The summed E-state index contributed by atoms with van der Waals surface area (Å²) in [6.07, 6.45) is 4.23. The summed E-state index contributed by atoms with van der Waals surface area (Å²) < 4.78 is 16.9. The fraction of sp³-hybridized carbons (Fsp3) is 0.433. The van der Waals surface area contributed by atoms with Crippen LogP contribution >= 0.6 is 0 Å². The molecule has 3 aromatic rings. The van der Waals surface area contributed by atoms with Crippen molar-refractivity contribution in [3.63, 3.8) is 0 Å². The predicted octanol–water partition coefficient (Wildman–Crippen LogP) is 5.78. The number of aryl methyl sites for hydroxylation is 3. The lowest BCUT2D eigenvalue weighted by Gasteiger charge is -2.25. The second kappa shape index (κ2) is 12.8. The molecule has 0 spiro atoms. The number of hydrogen-bond donors (Lipinski definition) is 1. The predicted molar refractivity (Wildman–Crippen MR) is 161 cm³/mol. The highest BCUT2D eigenvalue weighted by Gasteiger charge is 2.18. The van der Waals surface area contributed by atoms with Gasteiger partial charge in [0.15, 0.2) is 5.82 Å². The van der Waals surface area contributed by atoms with Crippen LogP contribution in [0.3, 0.4) is 0 Å². The molecule has 7 nitrogen and oxygen atoms in total. The molecular formula is C30H42FN7. The van der Waals surface area contributed by atoms with E-state index < -0.39 is 0 Å². The third-order valence-electron chi connectivity index (χ3n) is 6.73. The van der Waals surface area contributed by atoms with Crippen molar-refractivity contribution in [3.05, 3.63) is 64.7 Å². The van der Waals surface area contributed by atoms with Crippen molar-refractivity contribution in [2.45, 2.75) is 40.0 Å². The van der Waals surface area contributed by atoms with E-state index in [0.717, 1.165) is 36.3 Å². The van der Waals surface area contributed by atoms with Crippen LogP contribution in [-0.2, 0) is 13.5 Å². The molecule has 1 N–H and O–H groups in total. The normalized spacial score (nSPS) is 12.3. The molecule has 8 heteroatoms. The third kappa shape index (κ3) is 6.67. The molecule has 0 atom stereocenters. The van der Waals surface area contributed by atoms with Gasteiger partial charge < -0.3 is 15.1 Å². The number of aliphatic imine (C=N–C) groups is 2. The van der Waals surface area contributed by atoms with Gasteiger partial charge in [0.05, 0.1) is 5.71 Å². The summed E-state index contributed by atoms with van der Waals surface area (Å²) in [6, 6.07) is 7.91. The highest BCUT2D eigenvalue weighted by molar-refractivity contribution is 6.10. The van der Waals surface area contributed by atoms with Crippen LogP contribution in [0.25, 0.3) is 10.9 Å². The number of halogens is 1. The summed E-state index contributed by atoms with van der Waals surface area (Å²) in [7, 11) is 8.17. The molecule has 0 amide bonds. The van der Waals surface area contributed by atoms with E-state index in [0.29, 0.717) is 23.5 Å². The van der Waals surface area contributed by atoms with Gasteiger partial charge in [-0.05, 0) is 81.5 Å². The number of rotatable bonds is 12. The lowest BCUT2D eigenvalue weighted by Crippen LogP contribution is -2.29. The number of likely N-dealkylation sites (N-methyl/N-ethyl adjacent to an activating group) is 2. The minimum absolute atomic E-state index is 0.202. The van der Waals surface area contributed by atoms with E-state index in [1.807, 2.05) is 13.1 Å². The van der Waals surface area contributed by atoms with Gasteiger partial charge in [-0.15, -0.1) is 0 Å². The minimum atomic E-state index is -0.363. The van der Waals surface area contributed by atoms with Crippen LogP contribution in [0, 0.1) is 12.7 Å². The molecule has 38 heavy (non-hydrogen) atoms. The molecule has 1 heterocycles. The molecule has 1 aromatic heterocycles. The summed E-state index contributed by atoms with van der Waals surface area (Å²) in [5, 5.41) is 8.68.